The van der Waals surface area contributed by atoms with E-state index in [1.807, 2.05) is 59.1 Å². The molecule has 0 aliphatic rings. The fraction of sp³-hybridized carbons (Fsp3) is 0.387. The highest BCUT2D eigenvalue weighted by Crippen LogP contribution is 2.25. The molecule has 0 saturated heterocycles. The first kappa shape index (κ1) is 30.4. The number of furan rings is 1. The molecule has 0 bridgehead atoms. The molecule has 40 heavy (non-hydrogen) atoms. The molecule has 1 aromatic heterocycles. The highest BCUT2D eigenvalue weighted by Gasteiger charge is 2.18. The van der Waals surface area contributed by atoms with Crippen molar-refractivity contribution in [2.45, 2.75) is 46.7 Å². The Labute approximate surface area is 236 Å². The van der Waals surface area contributed by atoms with E-state index in [4.69, 9.17) is 4.42 Å². The predicted octanol–water partition coefficient (Wildman–Crippen LogP) is 5.57. The van der Waals surface area contributed by atoms with Gasteiger partial charge in [0.1, 0.15) is 5.76 Å². The molecule has 2 aromatic carbocycles. The highest BCUT2D eigenvalue weighted by atomic mass is 16.3. The number of benzene rings is 2. The molecule has 4 amide bonds. The van der Waals surface area contributed by atoms with Crippen molar-refractivity contribution in [2.75, 3.05) is 37.8 Å². The van der Waals surface area contributed by atoms with Crippen molar-refractivity contribution in [1.82, 2.24) is 15.1 Å². The summed E-state index contributed by atoms with van der Waals surface area (Å²) in [6.07, 6.45) is 2.77. The lowest BCUT2D eigenvalue weighted by Gasteiger charge is -2.24. The molecule has 0 saturated carbocycles. The van der Waals surface area contributed by atoms with Crippen molar-refractivity contribution in [3.05, 3.63) is 83.8 Å². The molecule has 214 valence electrons. The Morgan fingerprint density at radius 2 is 1.52 bits per heavy atom. The normalized spacial score (nSPS) is 11.2. The first-order chi connectivity index (χ1) is 19.0. The molecule has 9 heteroatoms. The number of anilines is 2. The molecule has 9 nitrogen and oxygen atoms in total. The lowest BCUT2D eigenvalue weighted by atomic mass is 9.92. The Bertz CT molecular complexity index is 1250. The van der Waals surface area contributed by atoms with Gasteiger partial charge in [-0.15, -0.1) is 0 Å². The van der Waals surface area contributed by atoms with Crippen LogP contribution in [-0.4, -0.2) is 54.8 Å². The van der Waals surface area contributed by atoms with E-state index >= 15 is 0 Å². The number of para-hydroxylation sites is 2. The van der Waals surface area contributed by atoms with Gasteiger partial charge < -0.3 is 30.2 Å². The van der Waals surface area contributed by atoms with Gasteiger partial charge in [-0.05, 0) is 74.4 Å². The Morgan fingerprint density at radius 3 is 2.12 bits per heavy atom. The maximum Gasteiger partial charge on any atom is 0.318 e. The van der Waals surface area contributed by atoms with E-state index in [9.17, 15) is 14.4 Å². The van der Waals surface area contributed by atoms with E-state index in [2.05, 4.69) is 20.9 Å². The molecule has 0 radical (unpaired) electrons. The molecular weight excluding hydrogens is 506 g/mol. The van der Waals surface area contributed by atoms with E-state index < -0.39 is 0 Å². The van der Waals surface area contributed by atoms with Gasteiger partial charge in [0.25, 0.3) is 5.91 Å². The van der Waals surface area contributed by atoms with Crippen LogP contribution < -0.4 is 16.0 Å². The Hall–Kier alpha value is -4.11. The number of amides is 4. The fourth-order valence-corrected chi connectivity index (χ4v) is 4.07. The SMILES string of the molecule is CN(C)CCCN(Cc1ccc(C(=O)Nc2ccccc2NC(=O)CC(C)(C)C)cc1)C(=O)NCc1ccco1. The van der Waals surface area contributed by atoms with Crippen LogP contribution in [0.3, 0.4) is 0 Å². The van der Waals surface area contributed by atoms with Crippen molar-refractivity contribution in [3.63, 3.8) is 0 Å². The molecule has 1 heterocycles. The van der Waals surface area contributed by atoms with Crippen LogP contribution in [0.25, 0.3) is 0 Å². The second kappa shape index (κ2) is 14.3. The summed E-state index contributed by atoms with van der Waals surface area (Å²) >= 11 is 0. The first-order valence-electron chi connectivity index (χ1n) is 13.5. The van der Waals surface area contributed by atoms with Crippen LogP contribution in [0, 0.1) is 5.41 Å². The van der Waals surface area contributed by atoms with Gasteiger partial charge in [-0.3, -0.25) is 9.59 Å². The van der Waals surface area contributed by atoms with Crippen LogP contribution in [0.4, 0.5) is 16.2 Å². The summed E-state index contributed by atoms with van der Waals surface area (Å²) in [6, 6.07) is 17.7. The van der Waals surface area contributed by atoms with Crippen molar-refractivity contribution < 1.29 is 18.8 Å². The summed E-state index contributed by atoms with van der Waals surface area (Å²) in [7, 11) is 4.01. The largest absolute Gasteiger partial charge is 0.467 e. The average Bonchev–Trinajstić information content (AvgIpc) is 3.41. The zero-order valence-corrected chi connectivity index (χ0v) is 24.1. The molecule has 3 rings (SSSR count). The van der Waals surface area contributed by atoms with Gasteiger partial charge in [-0.2, -0.15) is 0 Å². The number of rotatable bonds is 12. The van der Waals surface area contributed by atoms with E-state index in [1.54, 1.807) is 47.6 Å². The van der Waals surface area contributed by atoms with E-state index in [-0.39, 0.29) is 23.3 Å². The minimum Gasteiger partial charge on any atom is -0.467 e. The van der Waals surface area contributed by atoms with Crippen molar-refractivity contribution >= 4 is 29.2 Å². The number of carbonyl (C=O) groups is 3. The lowest BCUT2D eigenvalue weighted by molar-refractivity contribution is -0.117. The quantitative estimate of drug-likeness (QED) is 0.275. The molecule has 0 aliphatic heterocycles. The maximum absolute atomic E-state index is 13.0. The van der Waals surface area contributed by atoms with Crippen LogP contribution in [0.2, 0.25) is 0 Å². The lowest BCUT2D eigenvalue weighted by Crippen LogP contribution is -2.40. The maximum atomic E-state index is 13.0. The number of nitrogens with zero attached hydrogens (tertiary/aromatic N) is 2. The summed E-state index contributed by atoms with van der Waals surface area (Å²) in [5.41, 5.74) is 2.31. The predicted molar refractivity (Wildman–Crippen MR) is 158 cm³/mol. The summed E-state index contributed by atoms with van der Waals surface area (Å²) in [5.74, 6) is 0.289. The number of carbonyl (C=O) groups excluding carboxylic acids is 3. The monoisotopic (exact) mass is 547 g/mol. The summed E-state index contributed by atoms with van der Waals surface area (Å²) in [5, 5.41) is 8.72. The van der Waals surface area contributed by atoms with E-state index in [0.717, 1.165) is 18.5 Å². The molecule has 0 fully saturated rings. The standard InChI is InChI=1S/C31H41N5O4/c1-31(2,3)20-28(37)33-26-11-6-7-12-27(26)34-29(38)24-15-13-23(14-16-24)22-36(18-9-17-35(4)5)30(39)32-21-25-10-8-19-40-25/h6-8,10-16,19H,9,17-18,20-22H2,1-5H3,(H,32,39)(H,33,37)(H,34,38). The summed E-state index contributed by atoms with van der Waals surface area (Å²) in [6.45, 7) is 8.16. The average molecular weight is 548 g/mol. The van der Waals surface area contributed by atoms with Gasteiger partial charge in [0.2, 0.25) is 5.91 Å². The van der Waals surface area contributed by atoms with Gasteiger partial charge in [0, 0.05) is 25.1 Å². The van der Waals surface area contributed by atoms with Gasteiger partial charge in [0.15, 0.2) is 0 Å². The minimum atomic E-state index is -0.289. The fourth-order valence-electron chi connectivity index (χ4n) is 4.07. The number of hydrogen-bond donors (Lipinski definition) is 3. The Balaban J connectivity index is 1.63. The van der Waals surface area contributed by atoms with Crippen LogP contribution in [0.15, 0.2) is 71.3 Å². The number of nitrogens with one attached hydrogen (secondary N) is 3. The molecule has 0 atom stereocenters. The van der Waals surface area contributed by atoms with Gasteiger partial charge in [0.05, 0.1) is 24.2 Å². The molecule has 0 spiro atoms. The van der Waals surface area contributed by atoms with E-state index in [0.29, 0.717) is 48.8 Å². The third kappa shape index (κ3) is 10.2. The smallest absolute Gasteiger partial charge is 0.318 e. The summed E-state index contributed by atoms with van der Waals surface area (Å²) in [4.78, 5) is 42.3. The third-order valence-electron chi connectivity index (χ3n) is 6.04. The van der Waals surface area contributed by atoms with Crippen molar-refractivity contribution in [1.29, 1.82) is 0 Å². The van der Waals surface area contributed by atoms with Crippen molar-refractivity contribution in [3.8, 4) is 0 Å². The Kier molecular flexibility index (Phi) is 10.9. The van der Waals surface area contributed by atoms with Gasteiger partial charge >= 0.3 is 6.03 Å². The molecule has 3 N–H and O–H groups in total. The molecule has 0 unspecified atom stereocenters. The number of urea groups is 1. The summed E-state index contributed by atoms with van der Waals surface area (Å²) < 4.78 is 5.32. The second-order valence-electron chi connectivity index (χ2n) is 11.3. The van der Waals surface area contributed by atoms with Gasteiger partial charge in [-0.25, -0.2) is 4.79 Å². The molecule has 0 aliphatic carbocycles. The third-order valence-corrected chi connectivity index (χ3v) is 6.04. The van der Waals surface area contributed by atoms with Crippen LogP contribution >= 0.6 is 0 Å². The topological polar surface area (TPSA) is 107 Å². The van der Waals surface area contributed by atoms with Crippen molar-refractivity contribution in [2.24, 2.45) is 5.41 Å². The highest BCUT2D eigenvalue weighted by molar-refractivity contribution is 6.07. The Morgan fingerprint density at radius 1 is 0.850 bits per heavy atom. The van der Waals surface area contributed by atoms with Crippen LogP contribution in [-0.2, 0) is 17.9 Å². The minimum absolute atomic E-state index is 0.109. The first-order valence-corrected chi connectivity index (χ1v) is 13.5. The second-order valence-corrected chi connectivity index (χ2v) is 11.3. The molecule has 3 aromatic rings. The zero-order chi connectivity index (χ0) is 29.1. The zero-order valence-electron chi connectivity index (χ0n) is 24.1. The van der Waals surface area contributed by atoms with E-state index in [1.165, 1.54) is 0 Å². The molecular formula is C31H41N5O4. The van der Waals surface area contributed by atoms with Crippen LogP contribution in [0.5, 0.6) is 0 Å². The van der Waals surface area contributed by atoms with Gasteiger partial charge in [-0.1, -0.05) is 45.0 Å². The van der Waals surface area contributed by atoms with Crippen LogP contribution in [0.1, 0.15) is 55.3 Å². The number of hydrogen-bond acceptors (Lipinski definition) is 5.